The second kappa shape index (κ2) is 2.90. The molecule has 2 N–H and O–H groups in total. The molecule has 0 saturated heterocycles. The smallest absolute Gasteiger partial charge is 0.241 e. The van der Waals surface area contributed by atoms with E-state index in [0.717, 1.165) is 12.2 Å². The number of nitrogens with zero attached hydrogens (tertiary/aromatic N) is 4. The normalized spacial score (nSPS) is 15.4. The molecule has 1 aromatic heterocycles. The summed E-state index contributed by atoms with van der Waals surface area (Å²) in [7, 11) is 5.68. The van der Waals surface area contributed by atoms with E-state index in [2.05, 4.69) is 16.6 Å². The van der Waals surface area contributed by atoms with Gasteiger partial charge in [0, 0.05) is 6.54 Å². The summed E-state index contributed by atoms with van der Waals surface area (Å²) in [5, 5.41) is 0. The second-order valence-electron chi connectivity index (χ2n) is 2.99. The standard InChI is InChI=1S/C8H10BN5/c1-3-13-4-11-7-6(13)5(2)12-8(10)14(7)9/h4H,2-3H2,1H3,(H2,10,12). The lowest BCUT2D eigenvalue weighted by atomic mass is 10.2. The molecule has 0 bridgehead atoms. The molecule has 1 aromatic rings. The van der Waals surface area contributed by atoms with Gasteiger partial charge in [-0.15, -0.1) is 0 Å². The number of anilines is 1. The average Bonchev–Trinajstić information content (AvgIpc) is 2.58. The van der Waals surface area contributed by atoms with Gasteiger partial charge >= 0.3 is 0 Å². The zero-order valence-corrected chi connectivity index (χ0v) is 7.94. The van der Waals surface area contributed by atoms with Crippen molar-refractivity contribution in [3.05, 3.63) is 18.6 Å². The highest BCUT2D eigenvalue weighted by atomic mass is 15.3. The summed E-state index contributed by atoms with van der Waals surface area (Å²) in [6.07, 6.45) is 1.70. The number of fused-ring (bicyclic) bond motifs is 1. The molecule has 0 aromatic carbocycles. The minimum absolute atomic E-state index is 0.212. The van der Waals surface area contributed by atoms with E-state index in [9.17, 15) is 0 Å². The highest BCUT2D eigenvalue weighted by molar-refractivity contribution is 6.32. The number of imidazole rings is 1. The lowest BCUT2D eigenvalue weighted by molar-refractivity contribution is 0.750. The quantitative estimate of drug-likeness (QED) is 0.634. The van der Waals surface area contributed by atoms with Crippen LogP contribution in [-0.2, 0) is 6.54 Å². The van der Waals surface area contributed by atoms with Gasteiger partial charge in [-0.25, -0.2) is 9.98 Å². The van der Waals surface area contributed by atoms with Gasteiger partial charge in [0.05, 0.1) is 12.0 Å². The van der Waals surface area contributed by atoms with Crippen LogP contribution in [0.1, 0.15) is 12.6 Å². The summed E-state index contributed by atoms with van der Waals surface area (Å²) in [5.74, 6) is 0.813. The Morgan fingerprint density at radius 2 is 2.36 bits per heavy atom. The lowest BCUT2D eigenvalue weighted by Gasteiger charge is -2.23. The molecule has 0 fully saturated rings. The molecule has 5 nitrogen and oxygen atoms in total. The van der Waals surface area contributed by atoms with Crippen molar-refractivity contribution < 1.29 is 0 Å². The van der Waals surface area contributed by atoms with Crippen LogP contribution in [-0.4, -0.2) is 23.5 Å². The first kappa shape index (κ1) is 8.86. The fourth-order valence-corrected chi connectivity index (χ4v) is 1.44. The molecule has 1 aliphatic rings. The molecular weight excluding hydrogens is 177 g/mol. The highest BCUT2D eigenvalue weighted by Crippen LogP contribution is 2.28. The Kier molecular flexibility index (Phi) is 1.84. The Labute approximate surface area is 83.4 Å². The van der Waals surface area contributed by atoms with Gasteiger partial charge in [0.25, 0.3) is 0 Å². The van der Waals surface area contributed by atoms with E-state index >= 15 is 0 Å². The molecule has 14 heavy (non-hydrogen) atoms. The van der Waals surface area contributed by atoms with Gasteiger partial charge in [-0.3, -0.25) is 0 Å². The largest absolute Gasteiger partial charge is 0.370 e. The van der Waals surface area contributed by atoms with Crippen molar-refractivity contribution in [3.63, 3.8) is 0 Å². The summed E-state index contributed by atoms with van der Waals surface area (Å²) >= 11 is 0. The van der Waals surface area contributed by atoms with Crippen molar-refractivity contribution in [2.45, 2.75) is 13.5 Å². The summed E-state index contributed by atoms with van der Waals surface area (Å²) in [6.45, 7) is 6.62. The number of guanidine groups is 1. The Hall–Kier alpha value is -1.72. The monoisotopic (exact) mass is 187 g/mol. The van der Waals surface area contributed by atoms with Gasteiger partial charge in [0.15, 0.2) is 5.96 Å². The van der Waals surface area contributed by atoms with E-state index in [0.29, 0.717) is 11.5 Å². The van der Waals surface area contributed by atoms with Crippen molar-refractivity contribution in [1.29, 1.82) is 0 Å². The molecule has 2 radical (unpaired) electrons. The van der Waals surface area contributed by atoms with Crippen molar-refractivity contribution in [2.24, 2.45) is 10.7 Å². The molecule has 0 saturated carbocycles. The van der Waals surface area contributed by atoms with E-state index < -0.39 is 0 Å². The molecule has 0 atom stereocenters. The molecular formula is C8H10BN5. The van der Waals surface area contributed by atoms with Crippen molar-refractivity contribution in [3.8, 4) is 0 Å². The molecule has 2 rings (SSSR count). The third-order valence-corrected chi connectivity index (χ3v) is 2.16. The van der Waals surface area contributed by atoms with Gasteiger partial charge in [-0.05, 0) is 6.92 Å². The molecule has 0 amide bonds. The number of hydrogen-bond acceptors (Lipinski definition) is 4. The highest BCUT2D eigenvalue weighted by Gasteiger charge is 2.22. The van der Waals surface area contributed by atoms with Crippen LogP contribution >= 0.6 is 0 Å². The average molecular weight is 187 g/mol. The SMILES string of the molecule is [B]N1C(N)=NC(=C)c2c1ncn2CC. The molecule has 0 spiro atoms. The Morgan fingerprint density at radius 1 is 1.64 bits per heavy atom. The first-order valence-electron chi connectivity index (χ1n) is 4.28. The predicted octanol–water partition coefficient (Wildman–Crippen LogP) is 0.0919. The lowest BCUT2D eigenvalue weighted by Crippen LogP contribution is -2.38. The first-order valence-corrected chi connectivity index (χ1v) is 4.28. The van der Waals surface area contributed by atoms with Crippen LogP contribution in [0.25, 0.3) is 5.70 Å². The van der Waals surface area contributed by atoms with Crippen LogP contribution in [0.15, 0.2) is 17.9 Å². The molecule has 1 aliphatic heterocycles. The zero-order chi connectivity index (χ0) is 10.3. The zero-order valence-electron chi connectivity index (χ0n) is 7.94. The van der Waals surface area contributed by atoms with Crippen molar-refractivity contribution in [2.75, 3.05) is 4.81 Å². The summed E-state index contributed by atoms with van der Waals surface area (Å²) < 4.78 is 1.92. The minimum atomic E-state index is 0.212. The van der Waals surface area contributed by atoms with Gasteiger partial charge < -0.3 is 15.1 Å². The molecule has 70 valence electrons. The van der Waals surface area contributed by atoms with E-state index in [1.54, 1.807) is 6.33 Å². The third-order valence-electron chi connectivity index (χ3n) is 2.16. The van der Waals surface area contributed by atoms with E-state index in [-0.39, 0.29) is 5.96 Å². The number of aryl methyl sites for hydroxylation is 1. The van der Waals surface area contributed by atoms with Gasteiger partial charge in [-0.1, -0.05) is 6.58 Å². The van der Waals surface area contributed by atoms with Crippen LogP contribution < -0.4 is 10.5 Å². The maximum atomic E-state index is 5.68. The topological polar surface area (TPSA) is 59.4 Å². The summed E-state index contributed by atoms with van der Waals surface area (Å²) in [5.41, 5.74) is 6.99. The predicted molar refractivity (Wildman–Crippen MR) is 56.8 cm³/mol. The van der Waals surface area contributed by atoms with Gasteiger partial charge in [0.1, 0.15) is 11.5 Å². The van der Waals surface area contributed by atoms with Gasteiger partial charge in [0.2, 0.25) is 7.98 Å². The van der Waals surface area contributed by atoms with Crippen LogP contribution in [0.5, 0.6) is 0 Å². The third kappa shape index (κ3) is 1.03. The first-order chi connectivity index (χ1) is 6.65. The number of hydrogen-bond donors (Lipinski definition) is 1. The van der Waals surface area contributed by atoms with E-state index in [1.807, 2.05) is 11.5 Å². The number of nitrogens with two attached hydrogens (primary N) is 1. The van der Waals surface area contributed by atoms with E-state index in [1.165, 1.54) is 4.81 Å². The minimum Gasteiger partial charge on any atom is -0.370 e. The Bertz CT molecular complexity index is 419. The Morgan fingerprint density at radius 3 is 3.00 bits per heavy atom. The van der Waals surface area contributed by atoms with Crippen LogP contribution in [0.4, 0.5) is 5.82 Å². The number of aliphatic imine (C=N–C) groups is 1. The van der Waals surface area contributed by atoms with Crippen LogP contribution in [0.3, 0.4) is 0 Å². The second-order valence-corrected chi connectivity index (χ2v) is 2.99. The number of rotatable bonds is 1. The maximum absolute atomic E-state index is 5.68. The molecule has 6 heteroatoms. The summed E-state index contributed by atoms with van der Waals surface area (Å²) in [4.78, 5) is 9.44. The molecule has 2 heterocycles. The van der Waals surface area contributed by atoms with Crippen molar-refractivity contribution >= 4 is 25.5 Å². The molecule has 0 aliphatic carbocycles. The van der Waals surface area contributed by atoms with E-state index in [4.69, 9.17) is 13.7 Å². The maximum Gasteiger partial charge on any atom is 0.241 e. The molecule has 0 unspecified atom stereocenters. The van der Waals surface area contributed by atoms with Gasteiger partial charge in [-0.2, -0.15) is 0 Å². The number of aromatic nitrogens is 2. The van der Waals surface area contributed by atoms with Crippen molar-refractivity contribution in [1.82, 2.24) is 9.55 Å². The fourth-order valence-electron chi connectivity index (χ4n) is 1.44. The van der Waals surface area contributed by atoms with Crippen LogP contribution in [0.2, 0.25) is 0 Å². The fraction of sp³-hybridized carbons (Fsp3) is 0.250. The Balaban J connectivity index is 2.59. The summed E-state index contributed by atoms with van der Waals surface area (Å²) in [6, 6.07) is 0. The van der Waals surface area contributed by atoms with Crippen LogP contribution in [0, 0.1) is 0 Å².